The second-order valence-corrected chi connectivity index (χ2v) is 3.91. The van der Waals surface area contributed by atoms with Gasteiger partial charge in [-0.05, 0) is 43.5 Å². The van der Waals surface area contributed by atoms with Gasteiger partial charge in [0.25, 0.3) is 0 Å². The zero-order valence-electron chi connectivity index (χ0n) is 8.46. The third kappa shape index (κ3) is 1.86. The lowest BCUT2D eigenvalue weighted by Gasteiger charge is -2.32. The van der Waals surface area contributed by atoms with Crippen molar-refractivity contribution in [3.63, 3.8) is 0 Å². The van der Waals surface area contributed by atoms with E-state index < -0.39 is 5.54 Å². The van der Waals surface area contributed by atoms with Gasteiger partial charge in [0.05, 0.1) is 6.07 Å². The molecule has 1 saturated heterocycles. The summed E-state index contributed by atoms with van der Waals surface area (Å²) in [5.74, 6) is -0.283. The van der Waals surface area contributed by atoms with Crippen molar-refractivity contribution in [3.8, 4) is 6.07 Å². The molecule has 1 aromatic carbocycles. The quantitative estimate of drug-likeness (QED) is 0.762. The Bertz CT molecular complexity index is 389. The Labute approximate surface area is 88.7 Å². The second kappa shape index (κ2) is 4.00. The van der Waals surface area contributed by atoms with Crippen molar-refractivity contribution in [2.45, 2.75) is 24.8 Å². The van der Waals surface area contributed by atoms with Crippen molar-refractivity contribution >= 4 is 0 Å². The van der Waals surface area contributed by atoms with Gasteiger partial charge in [-0.2, -0.15) is 5.26 Å². The van der Waals surface area contributed by atoms with E-state index in [0.717, 1.165) is 31.4 Å². The Balaban J connectivity index is 2.37. The number of rotatable bonds is 1. The molecule has 0 radical (unpaired) electrons. The fourth-order valence-electron chi connectivity index (χ4n) is 2.07. The van der Waals surface area contributed by atoms with Gasteiger partial charge in [0.2, 0.25) is 0 Å². The molecule has 3 heteroatoms. The van der Waals surface area contributed by atoms with Gasteiger partial charge >= 0.3 is 0 Å². The molecule has 1 fully saturated rings. The van der Waals surface area contributed by atoms with Gasteiger partial charge in [0.1, 0.15) is 11.4 Å². The molecule has 78 valence electrons. The summed E-state index contributed by atoms with van der Waals surface area (Å²) in [6, 6.07) is 8.59. The van der Waals surface area contributed by atoms with Gasteiger partial charge in [-0.1, -0.05) is 12.1 Å². The highest BCUT2D eigenvalue weighted by atomic mass is 19.1. The number of hydrogen-bond donors (Lipinski definition) is 1. The van der Waals surface area contributed by atoms with E-state index in [0.29, 0.717) is 0 Å². The van der Waals surface area contributed by atoms with Gasteiger partial charge in [0, 0.05) is 0 Å². The van der Waals surface area contributed by atoms with Crippen molar-refractivity contribution in [1.29, 1.82) is 5.26 Å². The smallest absolute Gasteiger partial charge is 0.132 e. The zero-order chi connectivity index (χ0) is 10.7. The number of halogens is 1. The Morgan fingerprint density at radius 2 is 2.27 bits per heavy atom. The summed E-state index contributed by atoms with van der Waals surface area (Å²) in [5.41, 5.74) is 0.0603. The highest BCUT2D eigenvalue weighted by Gasteiger charge is 2.33. The minimum atomic E-state index is -0.680. The first-order valence-electron chi connectivity index (χ1n) is 5.19. The van der Waals surface area contributed by atoms with Gasteiger partial charge in [-0.15, -0.1) is 0 Å². The van der Waals surface area contributed by atoms with Gasteiger partial charge in [-0.25, -0.2) is 4.39 Å². The molecule has 1 N–H and O–H groups in total. The summed E-state index contributed by atoms with van der Waals surface area (Å²) in [7, 11) is 0. The van der Waals surface area contributed by atoms with E-state index in [2.05, 4.69) is 11.4 Å². The normalized spacial score (nSPS) is 25.9. The number of nitriles is 1. The monoisotopic (exact) mass is 204 g/mol. The fraction of sp³-hybridized carbons (Fsp3) is 0.417. The molecule has 0 saturated carbocycles. The maximum absolute atomic E-state index is 13.1. The molecule has 0 amide bonds. The molecule has 1 aliphatic heterocycles. The van der Waals surface area contributed by atoms with E-state index >= 15 is 0 Å². The van der Waals surface area contributed by atoms with Crippen LogP contribution < -0.4 is 5.32 Å². The minimum absolute atomic E-state index is 0.283. The van der Waals surface area contributed by atoms with E-state index in [9.17, 15) is 9.65 Å². The second-order valence-electron chi connectivity index (χ2n) is 3.91. The topological polar surface area (TPSA) is 35.8 Å². The lowest BCUT2D eigenvalue weighted by molar-refractivity contribution is 0.329. The molecule has 2 nitrogen and oxygen atoms in total. The summed E-state index contributed by atoms with van der Waals surface area (Å²) in [5, 5.41) is 12.4. The number of nitrogens with one attached hydrogen (secondary N) is 1. The van der Waals surface area contributed by atoms with Crippen LogP contribution >= 0.6 is 0 Å². The molecule has 2 rings (SSSR count). The minimum Gasteiger partial charge on any atom is -0.296 e. The molecular weight excluding hydrogens is 191 g/mol. The summed E-state index contributed by atoms with van der Waals surface area (Å²) in [4.78, 5) is 0. The molecule has 0 spiro atoms. The Morgan fingerprint density at radius 1 is 1.40 bits per heavy atom. The molecule has 1 unspecified atom stereocenters. The van der Waals surface area contributed by atoms with Crippen molar-refractivity contribution in [2.75, 3.05) is 6.54 Å². The lowest BCUT2D eigenvalue weighted by atomic mass is 9.83. The van der Waals surface area contributed by atoms with E-state index in [1.54, 1.807) is 6.07 Å². The Kier molecular flexibility index (Phi) is 2.70. The maximum Gasteiger partial charge on any atom is 0.132 e. The first-order valence-corrected chi connectivity index (χ1v) is 5.19. The van der Waals surface area contributed by atoms with Crippen LogP contribution in [-0.2, 0) is 5.54 Å². The van der Waals surface area contributed by atoms with E-state index in [1.807, 2.05) is 6.07 Å². The van der Waals surface area contributed by atoms with Crippen LogP contribution in [0.5, 0.6) is 0 Å². The number of benzene rings is 1. The van der Waals surface area contributed by atoms with Crippen LogP contribution in [-0.4, -0.2) is 6.54 Å². The van der Waals surface area contributed by atoms with Crippen LogP contribution in [0.1, 0.15) is 24.8 Å². The first kappa shape index (κ1) is 10.1. The molecule has 0 aromatic heterocycles. The summed E-state index contributed by atoms with van der Waals surface area (Å²) in [6.07, 6.45) is 2.85. The van der Waals surface area contributed by atoms with Gasteiger partial charge in [-0.3, -0.25) is 5.32 Å². The third-order valence-corrected chi connectivity index (χ3v) is 2.91. The molecule has 1 atom stereocenters. The van der Waals surface area contributed by atoms with Crippen LogP contribution in [0.25, 0.3) is 0 Å². The molecule has 0 bridgehead atoms. The summed E-state index contributed by atoms with van der Waals surface area (Å²) in [6.45, 7) is 0.823. The van der Waals surface area contributed by atoms with E-state index in [4.69, 9.17) is 0 Å². The zero-order valence-corrected chi connectivity index (χ0v) is 8.46. The molecule has 1 aromatic rings. The summed E-state index contributed by atoms with van der Waals surface area (Å²) < 4.78 is 13.1. The van der Waals surface area contributed by atoms with Crippen LogP contribution in [0.15, 0.2) is 24.3 Å². The Morgan fingerprint density at radius 3 is 2.87 bits per heavy atom. The number of piperidine rings is 1. The van der Waals surface area contributed by atoms with Gasteiger partial charge in [0.15, 0.2) is 0 Å². The largest absolute Gasteiger partial charge is 0.296 e. The highest BCUT2D eigenvalue weighted by molar-refractivity contribution is 5.32. The molecular formula is C12H13FN2. The number of nitrogens with zero attached hydrogens (tertiary/aromatic N) is 1. The van der Waals surface area contributed by atoms with Crippen LogP contribution in [0.2, 0.25) is 0 Å². The maximum atomic E-state index is 13.1. The van der Waals surface area contributed by atoms with Crippen molar-refractivity contribution < 1.29 is 4.39 Å². The van der Waals surface area contributed by atoms with Crippen molar-refractivity contribution in [3.05, 3.63) is 35.6 Å². The lowest BCUT2D eigenvalue weighted by Crippen LogP contribution is -2.44. The van der Waals surface area contributed by atoms with Gasteiger partial charge < -0.3 is 0 Å². The predicted molar refractivity (Wildman–Crippen MR) is 55.5 cm³/mol. The number of hydrogen-bond acceptors (Lipinski definition) is 2. The van der Waals surface area contributed by atoms with Crippen LogP contribution in [0.3, 0.4) is 0 Å². The third-order valence-electron chi connectivity index (χ3n) is 2.91. The van der Waals surface area contributed by atoms with Crippen molar-refractivity contribution in [1.82, 2.24) is 5.32 Å². The average Bonchev–Trinajstić information content (AvgIpc) is 2.30. The summed E-state index contributed by atoms with van der Waals surface area (Å²) >= 11 is 0. The van der Waals surface area contributed by atoms with Crippen molar-refractivity contribution in [2.24, 2.45) is 0 Å². The molecule has 0 aliphatic carbocycles. The van der Waals surface area contributed by atoms with Crippen LogP contribution in [0, 0.1) is 17.1 Å². The SMILES string of the molecule is N#CC1(c2cccc(F)c2)CCCCN1. The van der Waals surface area contributed by atoms with Crippen LogP contribution in [0.4, 0.5) is 4.39 Å². The standard InChI is InChI=1S/C12H13FN2/c13-11-5-3-4-10(8-11)12(9-14)6-1-2-7-15-12/h3-5,8,15H,1-2,6-7H2. The predicted octanol–water partition coefficient (Wildman–Crippen LogP) is 2.32. The first-order chi connectivity index (χ1) is 7.27. The van der Waals surface area contributed by atoms with E-state index in [1.165, 1.54) is 12.1 Å². The molecule has 1 heterocycles. The van der Waals surface area contributed by atoms with E-state index in [-0.39, 0.29) is 5.82 Å². The molecule has 15 heavy (non-hydrogen) atoms. The fourth-order valence-corrected chi connectivity index (χ4v) is 2.07. The highest BCUT2D eigenvalue weighted by Crippen LogP contribution is 2.29. The average molecular weight is 204 g/mol. The molecule has 1 aliphatic rings. The Hall–Kier alpha value is -1.40.